The largest absolute Gasteiger partial charge is 0.369 e. The average molecular weight is 1660 g/mol. The minimum Gasteiger partial charge on any atom is -0.282 e. The number of hydrogen-bond acceptors (Lipinski definition) is 2. The molecule has 0 atom stereocenters. The van der Waals surface area contributed by atoms with Crippen LogP contribution >= 0.6 is 0 Å². The van der Waals surface area contributed by atoms with E-state index in [9.17, 15) is 0 Å². The summed E-state index contributed by atoms with van der Waals surface area (Å²) in [6, 6.07) is 75.1. The minimum atomic E-state index is 0.994. The number of hydrazine groups is 1. The molecule has 662 valence electrons. The normalized spacial score (nSPS) is 10.3. The van der Waals surface area contributed by atoms with Gasteiger partial charge in [-0.25, -0.2) is 23.3 Å². The first kappa shape index (κ1) is 111. The molecule has 2 aliphatic rings. The highest BCUT2D eigenvalue weighted by Crippen LogP contribution is 2.37. The zero-order valence-electron chi connectivity index (χ0n) is 84.0. The van der Waals surface area contributed by atoms with Crippen molar-refractivity contribution in [2.24, 2.45) is 35.2 Å². The number of likely N-dealkylation sites (N-methyl/N-ethyl adjacent to an activating group) is 1. The van der Waals surface area contributed by atoms with Crippen molar-refractivity contribution in [3.63, 3.8) is 0 Å². The van der Waals surface area contributed by atoms with Crippen molar-refractivity contribution >= 4 is 99.7 Å². The van der Waals surface area contributed by atoms with Crippen LogP contribution in [-0.2, 0) is 35.2 Å². The van der Waals surface area contributed by atoms with Gasteiger partial charge in [-0.05, 0) is 122 Å². The second-order valence-electron chi connectivity index (χ2n) is 25.0. The third-order valence-electron chi connectivity index (χ3n) is 18.7. The second-order valence-corrected chi connectivity index (χ2v) is 25.0. The molecule has 0 radical (unpaired) electrons. The molecule has 0 amide bonds. The first-order valence-corrected chi connectivity index (χ1v) is 46.5. The highest BCUT2D eigenvalue weighted by Gasteiger charge is 2.28. The lowest BCUT2D eigenvalue weighted by molar-refractivity contribution is -0.735. The standard InChI is InChI=1S/C19H15N2.C19H17N2.C18H18N3.C17H15N2.C11H14N2.14C2H6/c1-14-8-3-5-11-17(14)21-18-12-6-4-9-15(18)16-10-7-13-20(2)19(16)21;1-14-8-7-10-16-15-9-3-4-11-17(15)21(19(14)16)18-12-5-6-13-20(18)2;1-13-7-6-9-15-14-8-4-5-10-16(14)21(17(13)15)18-19(2)11-12-20(18)3;1-12-6-5-9-15-13-7-3-4-8-14(13)16-10-11-18(2)19(16)17(12)15;1-10-6-3-4-7-11(10)13-9-5-8-12(13)2;14*1-2/h3,5,7-13H,1-2H3;3-13H,1-2H3;4-12H,1-3H3;3-11H,1-2H3;3-7,9H,8H2,1-2H3;14*1-2H3/q4*+1;;;;;;;;;;;;;;;. The molecule has 8 aromatic heterocycles. The number of nitrogens with zero attached hydrogens (tertiary/aromatic N) is 11. The zero-order chi connectivity index (χ0) is 93.6. The molecule has 0 saturated carbocycles. The van der Waals surface area contributed by atoms with Crippen LogP contribution in [0.15, 0.2) is 267 Å². The topological polar surface area (TPSA) is 46.1 Å². The Bertz CT molecular complexity index is 5770. The van der Waals surface area contributed by atoms with E-state index in [1.165, 1.54) is 138 Å². The third kappa shape index (κ3) is 26.5. The van der Waals surface area contributed by atoms with Crippen LogP contribution in [0.3, 0.4) is 0 Å². The second kappa shape index (κ2) is 61.7. The fourth-order valence-corrected chi connectivity index (χ4v) is 14.2. The Morgan fingerprint density at radius 1 is 0.301 bits per heavy atom. The summed E-state index contributed by atoms with van der Waals surface area (Å²) in [5.74, 6) is 2.34. The molecule has 1 aliphatic heterocycles. The number of imidazole rings is 1. The van der Waals surface area contributed by atoms with E-state index in [1.54, 1.807) is 0 Å². The minimum absolute atomic E-state index is 0.994. The average Bonchev–Trinajstić information content (AvgIpc) is 1.72. The molecule has 9 heterocycles. The maximum Gasteiger partial charge on any atom is 0.369 e. The zero-order valence-corrected chi connectivity index (χ0v) is 84.0. The molecule has 0 spiro atoms. The Morgan fingerprint density at radius 2 is 0.691 bits per heavy atom. The lowest BCUT2D eigenvalue weighted by atomic mass is 10.0. The molecule has 16 aromatic rings. The number of para-hydroxylation sites is 7. The van der Waals surface area contributed by atoms with E-state index in [0.29, 0.717) is 0 Å². The fraction of sp³-hybridized carbons (Fsp3) is 0.357. The van der Waals surface area contributed by atoms with Gasteiger partial charge in [0.2, 0.25) is 0 Å². The van der Waals surface area contributed by atoms with Crippen LogP contribution in [0.5, 0.6) is 0 Å². The van der Waals surface area contributed by atoms with Crippen molar-refractivity contribution < 1.29 is 18.4 Å². The van der Waals surface area contributed by atoms with Gasteiger partial charge in [0.15, 0.2) is 13.2 Å². The molecule has 0 unspecified atom stereocenters. The summed E-state index contributed by atoms with van der Waals surface area (Å²) >= 11 is 0. The van der Waals surface area contributed by atoms with E-state index in [4.69, 9.17) is 0 Å². The molecule has 1 aliphatic carbocycles. The lowest BCUT2D eigenvalue weighted by Crippen LogP contribution is -2.34. The molecule has 0 saturated heterocycles. The highest BCUT2D eigenvalue weighted by molar-refractivity contribution is 6.13. The van der Waals surface area contributed by atoms with Crippen molar-refractivity contribution in [1.82, 2.24) is 27.8 Å². The van der Waals surface area contributed by atoms with Gasteiger partial charge in [-0.3, -0.25) is 5.01 Å². The fourth-order valence-electron chi connectivity index (χ4n) is 14.2. The summed E-state index contributed by atoms with van der Waals surface area (Å²) in [5.41, 5.74) is 26.3. The molecule has 18 rings (SSSR count). The molecule has 0 bridgehead atoms. The van der Waals surface area contributed by atoms with Crippen molar-refractivity contribution in [3.8, 4) is 17.5 Å². The lowest BCUT2D eigenvalue weighted by Gasteiger charge is -2.26. The van der Waals surface area contributed by atoms with E-state index < -0.39 is 0 Å². The van der Waals surface area contributed by atoms with E-state index in [-0.39, 0.29) is 0 Å². The van der Waals surface area contributed by atoms with Crippen LogP contribution < -0.4 is 23.4 Å². The molecule has 8 aromatic carbocycles. The van der Waals surface area contributed by atoms with Gasteiger partial charge in [-0.1, -0.05) is 357 Å². The van der Waals surface area contributed by atoms with Crippen molar-refractivity contribution in [3.05, 3.63) is 306 Å². The quantitative estimate of drug-likeness (QED) is 0.100. The number of rotatable bonds is 4. The number of hydrogen-bond donors (Lipinski definition) is 0. The van der Waals surface area contributed by atoms with Gasteiger partial charge < -0.3 is 0 Å². The van der Waals surface area contributed by atoms with Crippen molar-refractivity contribution in [2.75, 3.05) is 18.6 Å². The van der Waals surface area contributed by atoms with E-state index in [0.717, 1.165) is 12.5 Å². The third-order valence-corrected chi connectivity index (χ3v) is 18.7. The Labute approximate surface area is 747 Å². The van der Waals surface area contributed by atoms with Gasteiger partial charge >= 0.3 is 5.95 Å². The van der Waals surface area contributed by atoms with Crippen LogP contribution in [0, 0.1) is 34.6 Å². The van der Waals surface area contributed by atoms with Gasteiger partial charge in [0.1, 0.15) is 44.5 Å². The Hall–Kier alpha value is -11.6. The van der Waals surface area contributed by atoms with E-state index >= 15 is 0 Å². The summed E-state index contributed by atoms with van der Waals surface area (Å²) < 4.78 is 20.1. The first-order chi connectivity index (χ1) is 60.3. The molecular weight excluding hydrogens is 1500 g/mol. The Kier molecular flexibility index (Phi) is 55.9. The maximum atomic E-state index is 3.09. The summed E-state index contributed by atoms with van der Waals surface area (Å²) in [6.45, 7) is 67.8. The summed E-state index contributed by atoms with van der Waals surface area (Å²) in [7, 11) is 12.5. The number of benzene rings is 8. The maximum absolute atomic E-state index is 3.09. The first-order valence-electron chi connectivity index (χ1n) is 46.5. The Morgan fingerprint density at radius 3 is 1.16 bits per heavy atom. The summed E-state index contributed by atoms with van der Waals surface area (Å²) in [4.78, 5) is 0. The van der Waals surface area contributed by atoms with Crippen molar-refractivity contribution in [2.45, 2.75) is 228 Å². The molecule has 11 nitrogen and oxygen atoms in total. The van der Waals surface area contributed by atoms with Crippen LogP contribution in [0.2, 0.25) is 0 Å². The molecule has 123 heavy (non-hydrogen) atoms. The Balaban J connectivity index is 0.00000142. The SMILES string of the molecule is CC.CC.CC.CC.CC.CC.CC.CC.CC.CC.CC.CC.CC.CC.Cc1cccc2c3ccccc3c3cc[n+](C)n3c12.Cc1cccc2c3ccccc3n(-c3cccc[n+]3C)c12.Cc1cccc2c3ccccc3n(-c3n(C)cc[n+]3C)c12.Cc1ccccc1-n1c2c(c3ccc[n+](C)c31)C=C=C=C2.Cc1ccccc1N1C=CCN1C. The predicted octanol–water partition coefficient (Wildman–Crippen LogP) is 30.7. The van der Waals surface area contributed by atoms with E-state index in [1.807, 2.05) is 206 Å². The monoisotopic (exact) mass is 1660 g/mol. The van der Waals surface area contributed by atoms with Gasteiger partial charge in [-0.15, -0.1) is 9.20 Å². The number of fused-ring (bicyclic) bond motifs is 15. The van der Waals surface area contributed by atoms with Gasteiger partial charge in [0.05, 0.1) is 64.1 Å². The van der Waals surface area contributed by atoms with Crippen LogP contribution in [0.25, 0.3) is 111 Å². The number of aromatic nitrogens is 9. The number of anilines is 1. The van der Waals surface area contributed by atoms with Gasteiger partial charge in [0.25, 0.3) is 11.5 Å². The van der Waals surface area contributed by atoms with Crippen molar-refractivity contribution in [1.29, 1.82) is 0 Å². The van der Waals surface area contributed by atoms with Crippen LogP contribution in [0.4, 0.5) is 5.69 Å². The van der Waals surface area contributed by atoms with E-state index in [2.05, 4.69) is 395 Å². The number of pyridine rings is 3. The molecule has 11 heteroatoms. The predicted molar refractivity (Wildman–Crippen MR) is 550 cm³/mol. The van der Waals surface area contributed by atoms with Crippen LogP contribution in [-0.4, -0.2) is 41.4 Å². The summed E-state index contributed by atoms with van der Waals surface area (Å²) in [5, 5.41) is 14.8. The van der Waals surface area contributed by atoms with Crippen LogP contribution in [0.1, 0.15) is 233 Å². The van der Waals surface area contributed by atoms with Gasteiger partial charge in [-0.2, -0.15) is 13.7 Å². The molecular formula is C112H163N11+4. The highest BCUT2D eigenvalue weighted by atomic mass is 15.6. The molecule has 0 N–H and O–H groups in total. The smallest absolute Gasteiger partial charge is 0.282 e. The van der Waals surface area contributed by atoms with Gasteiger partial charge in [0, 0.05) is 82.0 Å². The molecule has 0 fully saturated rings. The summed E-state index contributed by atoms with van der Waals surface area (Å²) in [6.07, 6.45) is 18.8. The number of aryl methyl sites for hydroxylation is 10.